The molecular formula is C14H14ClN3O2S. The first-order valence-corrected chi connectivity index (χ1v) is 8.30. The number of halogens is 1. The lowest BCUT2D eigenvalue weighted by molar-refractivity contribution is 0.576. The van der Waals surface area contributed by atoms with Crippen LogP contribution in [-0.2, 0) is 16.4 Å². The molecule has 0 saturated carbocycles. The Balaban J connectivity index is 2.17. The molecule has 1 heterocycles. The molecule has 0 aliphatic carbocycles. The van der Waals surface area contributed by atoms with Gasteiger partial charge in [0.25, 0.3) is 0 Å². The van der Waals surface area contributed by atoms with Crippen LogP contribution in [0.5, 0.6) is 0 Å². The fraction of sp³-hybridized carbons (Fsp3) is 0.286. The van der Waals surface area contributed by atoms with E-state index in [1.807, 2.05) is 6.07 Å². The van der Waals surface area contributed by atoms with Crippen LogP contribution >= 0.6 is 11.6 Å². The number of nitriles is 1. The van der Waals surface area contributed by atoms with Crippen molar-refractivity contribution >= 4 is 21.4 Å². The Morgan fingerprint density at radius 3 is 2.38 bits per heavy atom. The van der Waals surface area contributed by atoms with Gasteiger partial charge in [-0.15, -0.1) is 0 Å². The Morgan fingerprint density at radius 2 is 1.90 bits per heavy atom. The fourth-order valence-electron chi connectivity index (χ4n) is 1.95. The zero-order valence-electron chi connectivity index (χ0n) is 11.7. The van der Waals surface area contributed by atoms with Crippen LogP contribution in [0.25, 0.3) is 0 Å². The van der Waals surface area contributed by atoms with E-state index in [0.29, 0.717) is 16.3 Å². The maximum atomic E-state index is 12.3. The molecular weight excluding hydrogens is 310 g/mol. The highest BCUT2D eigenvalue weighted by atomic mass is 35.5. The molecule has 2 aromatic rings. The fourth-order valence-corrected chi connectivity index (χ4v) is 3.29. The summed E-state index contributed by atoms with van der Waals surface area (Å²) in [5.41, 5.74) is 1.87. The third kappa shape index (κ3) is 3.26. The predicted molar refractivity (Wildman–Crippen MR) is 79.9 cm³/mol. The van der Waals surface area contributed by atoms with Gasteiger partial charge in [-0.1, -0.05) is 11.6 Å². The molecule has 0 N–H and O–H groups in total. The number of hydrogen-bond donors (Lipinski definition) is 0. The minimum atomic E-state index is -3.42. The summed E-state index contributed by atoms with van der Waals surface area (Å²) in [5.74, 6) is -0.0722. The van der Waals surface area contributed by atoms with Gasteiger partial charge in [0.1, 0.15) is 0 Å². The number of nitrogens with zero attached hydrogens (tertiary/aromatic N) is 3. The molecule has 0 saturated heterocycles. The molecule has 1 aromatic heterocycles. The van der Waals surface area contributed by atoms with Crippen LogP contribution in [0.15, 0.2) is 29.2 Å². The quantitative estimate of drug-likeness (QED) is 0.866. The lowest BCUT2D eigenvalue weighted by atomic mass is 10.2. The van der Waals surface area contributed by atoms with E-state index in [-0.39, 0.29) is 17.2 Å². The van der Waals surface area contributed by atoms with Gasteiger partial charge in [-0.05, 0) is 38.1 Å². The lowest BCUT2D eigenvalue weighted by Crippen LogP contribution is -2.15. The van der Waals surface area contributed by atoms with Crippen molar-refractivity contribution in [2.45, 2.75) is 25.3 Å². The molecule has 21 heavy (non-hydrogen) atoms. The zero-order valence-corrected chi connectivity index (χ0v) is 13.2. The molecule has 0 amide bonds. The van der Waals surface area contributed by atoms with Crippen LogP contribution in [0.1, 0.15) is 17.0 Å². The second-order valence-corrected chi connectivity index (χ2v) is 7.15. The van der Waals surface area contributed by atoms with Crippen molar-refractivity contribution in [3.8, 4) is 6.07 Å². The maximum Gasteiger partial charge on any atom is 0.180 e. The summed E-state index contributed by atoms with van der Waals surface area (Å²) >= 11 is 6.04. The number of hydrogen-bond acceptors (Lipinski definition) is 4. The molecule has 1 aromatic carbocycles. The van der Waals surface area contributed by atoms with Crippen LogP contribution < -0.4 is 0 Å². The number of aryl methyl sites for hydroxylation is 2. The van der Waals surface area contributed by atoms with Crippen molar-refractivity contribution in [1.82, 2.24) is 9.78 Å². The van der Waals surface area contributed by atoms with Gasteiger partial charge >= 0.3 is 0 Å². The molecule has 0 unspecified atom stereocenters. The normalized spacial score (nSPS) is 11.3. The molecule has 0 fully saturated rings. The van der Waals surface area contributed by atoms with Gasteiger partial charge in [0.2, 0.25) is 0 Å². The van der Waals surface area contributed by atoms with Gasteiger partial charge in [-0.2, -0.15) is 10.4 Å². The molecule has 2 rings (SSSR count). The van der Waals surface area contributed by atoms with Gasteiger partial charge in [0.05, 0.1) is 45.2 Å². The third-order valence-corrected chi connectivity index (χ3v) is 5.46. The topological polar surface area (TPSA) is 75.8 Å². The standard InChI is InChI=1S/C14H14ClN3O2S/c1-10-14(15)11(2)18(17-10)7-8-21(19,20)13-5-3-12(9-16)4-6-13/h3-6H,7-8H2,1-2H3. The molecule has 0 aliphatic heterocycles. The minimum absolute atomic E-state index is 0.0722. The average molecular weight is 324 g/mol. The van der Waals surface area contributed by atoms with Crippen LogP contribution in [0.3, 0.4) is 0 Å². The minimum Gasteiger partial charge on any atom is -0.267 e. The first kappa shape index (κ1) is 15.5. The van der Waals surface area contributed by atoms with Gasteiger partial charge in [-0.25, -0.2) is 8.42 Å². The number of aromatic nitrogens is 2. The van der Waals surface area contributed by atoms with Crippen molar-refractivity contribution < 1.29 is 8.42 Å². The van der Waals surface area contributed by atoms with E-state index in [2.05, 4.69) is 5.10 Å². The molecule has 110 valence electrons. The van der Waals surface area contributed by atoms with Crippen LogP contribution in [-0.4, -0.2) is 24.0 Å². The Hall–Kier alpha value is -1.84. The second kappa shape index (κ2) is 5.88. The number of sulfone groups is 1. The van der Waals surface area contributed by atoms with Crippen LogP contribution in [0, 0.1) is 25.2 Å². The van der Waals surface area contributed by atoms with Gasteiger partial charge < -0.3 is 0 Å². The summed E-state index contributed by atoms with van der Waals surface area (Å²) in [6, 6.07) is 7.84. The molecule has 0 spiro atoms. The average Bonchev–Trinajstić information content (AvgIpc) is 2.72. The van der Waals surface area contributed by atoms with E-state index in [9.17, 15) is 8.42 Å². The molecule has 0 aliphatic rings. The van der Waals surface area contributed by atoms with E-state index in [0.717, 1.165) is 5.69 Å². The summed E-state index contributed by atoms with van der Waals surface area (Å²) in [6.45, 7) is 3.82. The van der Waals surface area contributed by atoms with E-state index in [4.69, 9.17) is 16.9 Å². The summed E-state index contributed by atoms with van der Waals surface area (Å²) in [7, 11) is -3.42. The summed E-state index contributed by atoms with van der Waals surface area (Å²) < 4.78 is 26.1. The van der Waals surface area contributed by atoms with Crippen molar-refractivity contribution in [2.24, 2.45) is 0 Å². The highest BCUT2D eigenvalue weighted by Crippen LogP contribution is 2.19. The molecule has 0 bridgehead atoms. The summed E-state index contributed by atoms with van der Waals surface area (Å²) in [6.07, 6.45) is 0. The highest BCUT2D eigenvalue weighted by molar-refractivity contribution is 7.91. The molecule has 7 heteroatoms. The Morgan fingerprint density at radius 1 is 1.29 bits per heavy atom. The summed E-state index contributed by atoms with van der Waals surface area (Å²) in [5, 5.41) is 13.5. The Labute approximate surface area is 128 Å². The van der Waals surface area contributed by atoms with Crippen molar-refractivity contribution in [3.63, 3.8) is 0 Å². The molecule has 5 nitrogen and oxygen atoms in total. The predicted octanol–water partition coefficient (Wildman–Crippen LogP) is 2.50. The lowest BCUT2D eigenvalue weighted by Gasteiger charge is -2.06. The third-order valence-electron chi connectivity index (χ3n) is 3.21. The first-order chi connectivity index (χ1) is 9.85. The number of rotatable bonds is 4. The maximum absolute atomic E-state index is 12.3. The first-order valence-electron chi connectivity index (χ1n) is 6.27. The zero-order chi connectivity index (χ0) is 15.6. The van der Waals surface area contributed by atoms with Crippen LogP contribution in [0.2, 0.25) is 5.02 Å². The Bertz CT molecular complexity index is 802. The van der Waals surface area contributed by atoms with Crippen LogP contribution in [0.4, 0.5) is 0 Å². The van der Waals surface area contributed by atoms with Gasteiger partial charge in [0.15, 0.2) is 9.84 Å². The molecule has 0 radical (unpaired) electrons. The smallest absolute Gasteiger partial charge is 0.180 e. The van der Waals surface area contributed by atoms with Gasteiger partial charge in [-0.3, -0.25) is 4.68 Å². The second-order valence-electron chi connectivity index (χ2n) is 4.66. The van der Waals surface area contributed by atoms with Gasteiger partial charge in [0, 0.05) is 0 Å². The van der Waals surface area contributed by atoms with Crippen molar-refractivity contribution in [1.29, 1.82) is 5.26 Å². The largest absolute Gasteiger partial charge is 0.267 e. The van der Waals surface area contributed by atoms with E-state index < -0.39 is 9.84 Å². The van der Waals surface area contributed by atoms with E-state index in [1.165, 1.54) is 24.3 Å². The Kier molecular flexibility index (Phi) is 4.35. The number of benzene rings is 1. The van der Waals surface area contributed by atoms with E-state index in [1.54, 1.807) is 18.5 Å². The van der Waals surface area contributed by atoms with Crippen molar-refractivity contribution in [2.75, 3.05) is 5.75 Å². The monoisotopic (exact) mass is 323 g/mol. The SMILES string of the molecule is Cc1nn(CCS(=O)(=O)c2ccc(C#N)cc2)c(C)c1Cl. The summed E-state index contributed by atoms with van der Waals surface area (Å²) in [4.78, 5) is 0.203. The van der Waals surface area contributed by atoms with E-state index >= 15 is 0 Å². The highest BCUT2D eigenvalue weighted by Gasteiger charge is 2.16. The molecule has 0 atom stereocenters. The van der Waals surface area contributed by atoms with Crippen molar-refractivity contribution in [3.05, 3.63) is 46.2 Å².